The van der Waals surface area contributed by atoms with Crippen molar-refractivity contribution in [3.63, 3.8) is 0 Å². The van der Waals surface area contributed by atoms with Crippen LogP contribution >= 0.6 is 0 Å². The molecule has 2 atom stereocenters. The Morgan fingerprint density at radius 1 is 1.38 bits per heavy atom. The topological polar surface area (TPSA) is 3.24 Å². The van der Waals surface area contributed by atoms with Crippen molar-refractivity contribution in [1.29, 1.82) is 0 Å². The molecule has 0 radical (unpaired) electrons. The molecule has 2 unspecified atom stereocenters. The van der Waals surface area contributed by atoms with Crippen LogP contribution in [0.15, 0.2) is 23.4 Å². The average molecular weight is 219 g/mol. The lowest BCUT2D eigenvalue weighted by Crippen LogP contribution is -2.30. The number of hydrogen-bond donors (Lipinski definition) is 0. The fraction of sp³-hybridized carbons (Fsp3) is 0.733. The SMILES string of the molecule is CCCN1C2=C(CC(C)(C)C=C2)C(C)C1C. The summed E-state index contributed by atoms with van der Waals surface area (Å²) >= 11 is 0. The summed E-state index contributed by atoms with van der Waals surface area (Å²) in [5.74, 6) is 0.728. The third kappa shape index (κ3) is 1.81. The van der Waals surface area contributed by atoms with E-state index in [2.05, 4.69) is 51.7 Å². The van der Waals surface area contributed by atoms with Gasteiger partial charge in [-0.05, 0) is 42.7 Å². The Hall–Kier alpha value is -0.720. The van der Waals surface area contributed by atoms with E-state index in [0.717, 1.165) is 5.92 Å². The first-order chi connectivity index (χ1) is 7.46. The molecule has 0 aromatic rings. The molecule has 0 bridgehead atoms. The summed E-state index contributed by atoms with van der Waals surface area (Å²) in [6.45, 7) is 12.9. The number of allylic oxidation sites excluding steroid dienone is 2. The number of nitrogens with zero attached hydrogens (tertiary/aromatic N) is 1. The van der Waals surface area contributed by atoms with Gasteiger partial charge in [-0.2, -0.15) is 0 Å². The standard InChI is InChI=1S/C15H25N/c1-6-9-16-12(3)11(2)13-10-15(4,5)8-7-14(13)16/h7-8,11-12H,6,9-10H2,1-5H3. The lowest BCUT2D eigenvalue weighted by molar-refractivity contribution is 0.267. The maximum absolute atomic E-state index is 2.60. The molecular formula is C15H25N. The Labute approximate surface area is 100 Å². The van der Waals surface area contributed by atoms with E-state index in [0.29, 0.717) is 11.5 Å². The van der Waals surface area contributed by atoms with Crippen molar-refractivity contribution in [3.05, 3.63) is 23.4 Å². The predicted octanol–water partition coefficient (Wildman–Crippen LogP) is 3.98. The molecule has 1 heteroatoms. The molecule has 0 aromatic heterocycles. The third-order valence-corrected chi connectivity index (χ3v) is 4.21. The van der Waals surface area contributed by atoms with Gasteiger partial charge in [-0.1, -0.05) is 33.8 Å². The lowest BCUT2D eigenvalue weighted by atomic mass is 9.78. The second-order valence-corrected chi connectivity index (χ2v) is 6.13. The largest absolute Gasteiger partial charge is 0.368 e. The summed E-state index contributed by atoms with van der Waals surface area (Å²) in [7, 11) is 0. The minimum Gasteiger partial charge on any atom is -0.368 e. The van der Waals surface area contributed by atoms with E-state index < -0.39 is 0 Å². The third-order valence-electron chi connectivity index (χ3n) is 4.21. The first kappa shape index (κ1) is 11.8. The molecule has 1 nitrogen and oxygen atoms in total. The van der Waals surface area contributed by atoms with Gasteiger partial charge in [-0.15, -0.1) is 0 Å². The Bertz CT molecular complexity index is 335. The van der Waals surface area contributed by atoms with Crippen LogP contribution < -0.4 is 0 Å². The van der Waals surface area contributed by atoms with Gasteiger partial charge >= 0.3 is 0 Å². The van der Waals surface area contributed by atoms with Crippen LogP contribution in [0.5, 0.6) is 0 Å². The van der Waals surface area contributed by atoms with Crippen LogP contribution in [0.2, 0.25) is 0 Å². The molecule has 0 aromatic carbocycles. The average Bonchev–Trinajstić information content (AvgIpc) is 2.43. The predicted molar refractivity (Wildman–Crippen MR) is 70.2 cm³/mol. The zero-order valence-electron chi connectivity index (χ0n) is 11.4. The van der Waals surface area contributed by atoms with E-state index in [9.17, 15) is 0 Å². The molecule has 0 N–H and O–H groups in total. The van der Waals surface area contributed by atoms with Gasteiger partial charge in [0, 0.05) is 18.3 Å². The van der Waals surface area contributed by atoms with Crippen molar-refractivity contribution in [2.24, 2.45) is 11.3 Å². The van der Waals surface area contributed by atoms with Gasteiger partial charge in [-0.25, -0.2) is 0 Å². The van der Waals surface area contributed by atoms with Crippen molar-refractivity contribution < 1.29 is 0 Å². The molecule has 90 valence electrons. The Morgan fingerprint density at radius 3 is 2.69 bits per heavy atom. The molecule has 0 saturated heterocycles. The second kappa shape index (κ2) is 3.94. The minimum atomic E-state index is 0.356. The van der Waals surface area contributed by atoms with Crippen molar-refractivity contribution in [2.45, 2.75) is 53.5 Å². The molecule has 2 aliphatic rings. The maximum Gasteiger partial charge on any atom is 0.0361 e. The molecule has 1 heterocycles. The summed E-state index contributed by atoms with van der Waals surface area (Å²) in [6.07, 6.45) is 7.24. The Kier molecular flexibility index (Phi) is 2.90. The maximum atomic E-state index is 2.60. The molecular weight excluding hydrogens is 194 g/mol. The molecule has 0 fully saturated rings. The number of rotatable bonds is 2. The normalized spacial score (nSPS) is 32.2. The minimum absolute atomic E-state index is 0.356. The van der Waals surface area contributed by atoms with Crippen LogP contribution in [0, 0.1) is 11.3 Å². The summed E-state index contributed by atoms with van der Waals surface area (Å²) in [6, 6.07) is 0.684. The molecule has 0 spiro atoms. The van der Waals surface area contributed by atoms with E-state index in [1.165, 1.54) is 25.1 Å². The van der Waals surface area contributed by atoms with Gasteiger partial charge in [-0.3, -0.25) is 0 Å². The quantitative estimate of drug-likeness (QED) is 0.679. The van der Waals surface area contributed by atoms with Crippen LogP contribution in [0.4, 0.5) is 0 Å². The fourth-order valence-corrected chi connectivity index (χ4v) is 3.07. The molecule has 1 aliphatic heterocycles. The van der Waals surface area contributed by atoms with Gasteiger partial charge in [0.15, 0.2) is 0 Å². The van der Waals surface area contributed by atoms with Crippen LogP contribution in [0.3, 0.4) is 0 Å². The Morgan fingerprint density at radius 2 is 2.06 bits per heavy atom. The smallest absolute Gasteiger partial charge is 0.0361 e. The highest BCUT2D eigenvalue weighted by Crippen LogP contribution is 2.44. The second-order valence-electron chi connectivity index (χ2n) is 6.13. The lowest BCUT2D eigenvalue weighted by Gasteiger charge is -2.29. The first-order valence-electron chi connectivity index (χ1n) is 6.65. The van der Waals surface area contributed by atoms with Gasteiger partial charge in [0.25, 0.3) is 0 Å². The van der Waals surface area contributed by atoms with Crippen LogP contribution in [-0.4, -0.2) is 17.5 Å². The van der Waals surface area contributed by atoms with Crippen molar-refractivity contribution >= 4 is 0 Å². The van der Waals surface area contributed by atoms with E-state index in [1.54, 1.807) is 5.57 Å². The number of hydrogen-bond acceptors (Lipinski definition) is 1. The van der Waals surface area contributed by atoms with Gasteiger partial charge in [0.05, 0.1) is 0 Å². The zero-order valence-corrected chi connectivity index (χ0v) is 11.4. The highest BCUT2D eigenvalue weighted by molar-refractivity contribution is 5.38. The van der Waals surface area contributed by atoms with E-state index in [4.69, 9.17) is 0 Å². The molecule has 0 amide bonds. The molecule has 1 aliphatic carbocycles. The summed E-state index contributed by atoms with van der Waals surface area (Å²) in [4.78, 5) is 2.60. The van der Waals surface area contributed by atoms with Crippen LogP contribution in [-0.2, 0) is 0 Å². The van der Waals surface area contributed by atoms with Crippen molar-refractivity contribution in [2.75, 3.05) is 6.54 Å². The summed E-state index contributed by atoms with van der Waals surface area (Å²) in [5, 5.41) is 0. The molecule has 16 heavy (non-hydrogen) atoms. The Balaban J connectivity index is 2.29. The summed E-state index contributed by atoms with van der Waals surface area (Å²) in [5.41, 5.74) is 3.57. The zero-order chi connectivity index (χ0) is 11.9. The fourth-order valence-electron chi connectivity index (χ4n) is 3.07. The monoisotopic (exact) mass is 219 g/mol. The van der Waals surface area contributed by atoms with Crippen molar-refractivity contribution in [1.82, 2.24) is 4.90 Å². The van der Waals surface area contributed by atoms with Gasteiger partial charge in [0.1, 0.15) is 0 Å². The van der Waals surface area contributed by atoms with Crippen LogP contribution in [0.25, 0.3) is 0 Å². The van der Waals surface area contributed by atoms with E-state index >= 15 is 0 Å². The highest BCUT2D eigenvalue weighted by atomic mass is 15.2. The highest BCUT2D eigenvalue weighted by Gasteiger charge is 2.37. The molecule has 2 rings (SSSR count). The first-order valence-corrected chi connectivity index (χ1v) is 6.65. The molecule has 0 saturated carbocycles. The van der Waals surface area contributed by atoms with E-state index in [1.807, 2.05) is 0 Å². The van der Waals surface area contributed by atoms with Gasteiger partial charge < -0.3 is 4.90 Å². The van der Waals surface area contributed by atoms with E-state index in [-0.39, 0.29) is 0 Å². The van der Waals surface area contributed by atoms with Gasteiger partial charge in [0.2, 0.25) is 0 Å². The summed E-state index contributed by atoms with van der Waals surface area (Å²) < 4.78 is 0. The van der Waals surface area contributed by atoms with Crippen molar-refractivity contribution in [3.8, 4) is 0 Å². The van der Waals surface area contributed by atoms with Crippen LogP contribution in [0.1, 0.15) is 47.5 Å².